The Bertz CT molecular complexity index is 218. The van der Waals surface area contributed by atoms with Crippen molar-refractivity contribution in [3.05, 3.63) is 36.0 Å². The first-order valence-electron chi connectivity index (χ1n) is 5.66. The monoisotopic (exact) mass is 192 g/mol. The highest BCUT2D eigenvalue weighted by Crippen LogP contribution is 2.21. The molecule has 0 nitrogen and oxygen atoms in total. The maximum Gasteiger partial charge on any atom is -0.0251 e. The van der Waals surface area contributed by atoms with Gasteiger partial charge in [-0.05, 0) is 36.8 Å². The van der Waals surface area contributed by atoms with E-state index in [1.807, 2.05) is 6.08 Å². The molecule has 0 N–H and O–H groups in total. The van der Waals surface area contributed by atoms with Crippen molar-refractivity contribution in [2.24, 2.45) is 5.92 Å². The third-order valence-corrected chi connectivity index (χ3v) is 2.67. The SMILES string of the molecule is C=C/C(C[C@H](C)CC)=C(\C=C/C)CC. The fourth-order valence-electron chi connectivity index (χ4n) is 1.52. The average Bonchev–Trinajstić information content (AvgIpc) is 2.22. The van der Waals surface area contributed by atoms with Gasteiger partial charge in [0.1, 0.15) is 0 Å². The van der Waals surface area contributed by atoms with Crippen molar-refractivity contribution in [1.82, 2.24) is 0 Å². The number of hydrogen-bond acceptors (Lipinski definition) is 0. The van der Waals surface area contributed by atoms with Crippen LogP contribution in [0.25, 0.3) is 0 Å². The highest BCUT2D eigenvalue weighted by Gasteiger charge is 2.04. The van der Waals surface area contributed by atoms with Gasteiger partial charge >= 0.3 is 0 Å². The maximum absolute atomic E-state index is 3.91. The normalized spacial score (nSPS) is 15.4. The second-order valence-electron chi connectivity index (χ2n) is 3.83. The topological polar surface area (TPSA) is 0 Å². The summed E-state index contributed by atoms with van der Waals surface area (Å²) in [6, 6.07) is 0. The zero-order valence-corrected chi connectivity index (χ0v) is 10.1. The van der Waals surface area contributed by atoms with Crippen molar-refractivity contribution in [2.45, 2.75) is 47.0 Å². The fraction of sp³-hybridized carbons (Fsp3) is 0.571. The Morgan fingerprint density at radius 2 is 1.93 bits per heavy atom. The molecule has 0 saturated heterocycles. The summed E-state index contributed by atoms with van der Waals surface area (Å²) in [5.74, 6) is 0.759. The lowest BCUT2D eigenvalue weighted by Crippen LogP contribution is -1.96. The molecule has 0 radical (unpaired) electrons. The second-order valence-corrected chi connectivity index (χ2v) is 3.83. The number of allylic oxidation sites excluding steroid dienone is 5. The molecule has 1 atom stereocenters. The summed E-state index contributed by atoms with van der Waals surface area (Å²) < 4.78 is 0. The lowest BCUT2D eigenvalue weighted by Gasteiger charge is -2.12. The molecule has 0 saturated carbocycles. The summed E-state index contributed by atoms with van der Waals surface area (Å²) in [5.41, 5.74) is 2.85. The van der Waals surface area contributed by atoms with Gasteiger partial charge in [-0.1, -0.05) is 52.0 Å². The molecular weight excluding hydrogens is 168 g/mol. The van der Waals surface area contributed by atoms with Gasteiger partial charge in [0.2, 0.25) is 0 Å². The van der Waals surface area contributed by atoms with E-state index < -0.39 is 0 Å². The molecule has 0 amide bonds. The maximum atomic E-state index is 3.91. The van der Waals surface area contributed by atoms with Crippen LogP contribution >= 0.6 is 0 Å². The lowest BCUT2D eigenvalue weighted by molar-refractivity contribution is 0.560. The van der Waals surface area contributed by atoms with Gasteiger partial charge in [0.25, 0.3) is 0 Å². The quantitative estimate of drug-likeness (QED) is 0.525. The molecule has 0 aromatic carbocycles. The van der Waals surface area contributed by atoms with Crippen molar-refractivity contribution in [2.75, 3.05) is 0 Å². The Kier molecular flexibility index (Phi) is 7.18. The molecule has 0 aliphatic carbocycles. The summed E-state index contributed by atoms with van der Waals surface area (Å²) in [5, 5.41) is 0. The molecule has 80 valence electrons. The summed E-state index contributed by atoms with van der Waals surface area (Å²) in [7, 11) is 0. The largest absolute Gasteiger partial charge is 0.0988 e. The molecule has 0 aromatic heterocycles. The molecule has 0 aromatic rings. The van der Waals surface area contributed by atoms with Gasteiger partial charge in [0.05, 0.1) is 0 Å². The number of hydrogen-bond donors (Lipinski definition) is 0. The van der Waals surface area contributed by atoms with E-state index in [1.54, 1.807) is 0 Å². The second kappa shape index (κ2) is 7.61. The van der Waals surface area contributed by atoms with Gasteiger partial charge < -0.3 is 0 Å². The van der Waals surface area contributed by atoms with Crippen molar-refractivity contribution < 1.29 is 0 Å². The zero-order valence-electron chi connectivity index (χ0n) is 10.1. The number of rotatable bonds is 6. The highest BCUT2D eigenvalue weighted by atomic mass is 14.1. The third-order valence-electron chi connectivity index (χ3n) is 2.67. The lowest BCUT2D eigenvalue weighted by atomic mass is 9.94. The summed E-state index contributed by atoms with van der Waals surface area (Å²) in [6.45, 7) is 12.7. The minimum absolute atomic E-state index is 0.759. The Hall–Kier alpha value is -0.780. The van der Waals surface area contributed by atoms with Gasteiger partial charge in [-0.15, -0.1) is 0 Å². The Morgan fingerprint density at radius 3 is 2.29 bits per heavy atom. The molecule has 0 heteroatoms. The standard InChI is InChI=1S/C14H24/c1-6-10-13(8-3)14(9-4)11-12(5)7-2/h6,9-10,12H,4,7-8,11H2,1-3,5H3/b10-6-,14-13+/t12-/m1/s1. The first-order chi connectivity index (χ1) is 6.69. The average molecular weight is 192 g/mol. The van der Waals surface area contributed by atoms with Gasteiger partial charge in [-0.3, -0.25) is 0 Å². The van der Waals surface area contributed by atoms with Crippen molar-refractivity contribution in [1.29, 1.82) is 0 Å². The first kappa shape index (κ1) is 13.2. The Morgan fingerprint density at radius 1 is 1.29 bits per heavy atom. The zero-order chi connectivity index (χ0) is 11.0. The van der Waals surface area contributed by atoms with Gasteiger partial charge in [0.15, 0.2) is 0 Å². The molecule has 0 aliphatic heterocycles. The summed E-state index contributed by atoms with van der Waals surface area (Å²) in [6.07, 6.45) is 9.84. The van der Waals surface area contributed by atoms with E-state index in [9.17, 15) is 0 Å². The molecule has 0 unspecified atom stereocenters. The molecule has 0 bridgehead atoms. The highest BCUT2D eigenvalue weighted by molar-refractivity contribution is 5.32. The summed E-state index contributed by atoms with van der Waals surface area (Å²) >= 11 is 0. The van der Waals surface area contributed by atoms with E-state index in [4.69, 9.17) is 0 Å². The van der Waals surface area contributed by atoms with Crippen LogP contribution in [0.5, 0.6) is 0 Å². The van der Waals surface area contributed by atoms with E-state index in [0.717, 1.165) is 18.8 Å². The molecule has 14 heavy (non-hydrogen) atoms. The predicted molar refractivity (Wildman–Crippen MR) is 66.4 cm³/mol. The van der Waals surface area contributed by atoms with Crippen molar-refractivity contribution >= 4 is 0 Å². The van der Waals surface area contributed by atoms with E-state index in [-0.39, 0.29) is 0 Å². The third kappa shape index (κ3) is 4.45. The van der Waals surface area contributed by atoms with Crippen LogP contribution in [0.1, 0.15) is 47.0 Å². The van der Waals surface area contributed by atoms with Crippen molar-refractivity contribution in [3.63, 3.8) is 0 Å². The molecule has 0 aliphatic rings. The molecular formula is C14H24. The van der Waals surface area contributed by atoms with E-state index in [0.29, 0.717) is 0 Å². The van der Waals surface area contributed by atoms with Crippen LogP contribution in [0, 0.1) is 5.92 Å². The van der Waals surface area contributed by atoms with Gasteiger partial charge in [-0.2, -0.15) is 0 Å². The Labute approximate surface area is 89.4 Å². The van der Waals surface area contributed by atoms with Gasteiger partial charge in [0, 0.05) is 0 Å². The van der Waals surface area contributed by atoms with Crippen LogP contribution in [0.2, 0.25) is 0 Å². The first-order valence-corrected chi connectivity index (χ1v) is 5.66. The molecule has 0 heterocycles. The smallest absolute Gasteiger partial charge is 0.0251 e. The van der Waals surface area contributed by atoms with Crippen molar-refractivity contribution in [3.8, 4) is 0 Å². The Balaban J connectivity index is 4.70. The molecule has 0 spiro atoms. The van der Waals surface area contributed by atoms with Crippen LogP contribution < -0.4 is 0 Å². The van der Waals surface area contributed by atoms with E-state index in [2.05, 4.69) is 46.4 Å². The van der Waals surface area contributed by atoms with Crippen LogP contribution in [-0.4, -0.2) is 0 Å². The summed E-state index contributed by atoms with van der Waals surface area (Å²) in [4.78, 5) is 0. The van der Waals surface area contributed by atoms with Gasteiger partial charge in [-0.25, -0.2) is 0 Å². The van der Waals surface area contributed by atoms with E-state index in [1.165, 1.54) is 17.6 Å². The van der Waals surface area contributed by atoms with Crippen LogP contribution in [0.3, 0.4) is 0 Å². The molecule has 0 rings (SSSR count). The van der Waals surface area contributed by atoms with Crippen LogP contribution in [-0.2, 0) is 0 Å². The molecule has 0 fully saturated rings. The minimum atomic E-state index is 0.759. The van der Waals surface area contributed by atoms with Crippen LogP contribution in [0.4, 0.5) is 0 Å². The predicted octanol–water partition coefficient (Wildman–Crippen LogP) is 4.89. The fourth-order valence-corrected chi connectivity index (χ4v) is 1.52. The van der Waals surface area contributed by atoms with E-state index >= 15 is 0 Å². The minimum Gasteiger partial charge on any atom is -0.0988 e. The van der Waals surface area contributed by atoms with Crippen LogP contribution in [0.15, 0.2) is 36.0 Å².